The van der Waals surface area contributed by atoms with Crippen LogP contribution in [0.2, 0.25) is 0 Å². The summed E-state index contributed by atoms with van der Waals surface area (Å²) in [6.45, 7) is 0. The van der Waals surface area contributed by atoms with Crippen LogP contribution in [0.1, 0.15) is 42.7 Å². The quantitative estimate of drug-likeness (QED) is 0.205. The van der Waals surface area contributed by atoms with Gasteiger partial charge in [0.05, 0.1) is 28.3 Å². The SMILES string of the molecule is O=C(Cc1nc(-c2c(F)ccc(CS(=O)(=O)c3cc(F)ccc3F)c2F)c(-c2ccncc2)s1)C1CCCCC1. The van der Waals surface area contributed by atoms with E-state index in [0.29, 0.717) is 27.6 Å². The molecule has 2 aromatic carbocycles. The summed E-state index contributed by atoms with van der Waals surface area (Å²) in [5.41, 5.74) is -0.508. The fraction of sp³-hybridized carbons (Fsp3) is 0.276. The van der Waals surface area contributed by atoms with Crippen molar-refractivity contribution >= 4 is 27.0 Å². The zero-order valence-corrected chi connectivity index (χ0v) is 22.8. The third kappa shape index (κ3) is 5.85. The smallest absolute Gasteiger partial charge is 0.185 e. The van der Waals surface area contributed by atoms with Crippen LogP contribution in [-0.4, -0.2) is 24.2 Å². The van der Waals surface area contributed by atoms with Crippen LogP contribution < -0.4 is 0 Å². The molecule has 2 aromatic heterocycles. The molecule has 1 aliphatic rings. The van der Waals surface area contributed by atoms with E-state index < -0.39 is 54.9 Å². The van der Waals surface area contributed by atoms with Gasteiger partial charge in [-0.2, -0.15) is 0 Å². The second kappa shape index (κ2) is 11.6. The molecule has 0 atom stereocenters. The van der Waals surface area contributed by atoms with Crippen LogP contribution >= 0.6 is 11.3 Å². The highest BCUT2D eigenvalue weighted by atomic mass is 32.2. The van der Waals surface area contributed by atoms with E-state index in [1.54, 1.807) is 12.1 Å². The van der Waals surface area contributed by atoms with Crippen LogP contribution in [0.15, 0.2) is 59.8 Å². The van der Waals surface area contributed by atoms with Gasteiger partial charge in [0.15, 0.2) is 9.84 Å². The molecule has 11 heteroatoms. The number of carbonyl (C=O) groups is 1. The minimum Gasteiger partial charge on any atom is -0.299 e. The van der Waals surface area contributed by atoms with Crippen LogP contribution in [0.25, 0.3) is 21.7 Å². The molecule has 0 bridgehead atoms. The van der Waals surface area contributed by atoms with Gasteiger partial charge in [0.25, 0.3) is 0 Å². The predicted molar refractivity (Wildman–Crippen MR) is 143 cm³/mol. The lowest BCUT2D eigenvalue weighted by Crippen LogP contribution is -2.19. The van der Waals surface area contributed by atoms with Crippen molar-refractivity contribution in [1.29, 1.82) is 0 Å². The van der Waals surface area contributed by atoms with E-state index in [9.17, 15) is 22.0 Å². The van der Waals surface area contributed by atoms with Gasteiger partial charge in [0, 0.05) is 23.9 Å². The third-order valence-electron chi connectivity index (χ3n) is 6.98. The summed E-state index contributed by atoms with van der Waals surface area (Å²) in [6.07, 6.45) is 7.70. The average molecular weight is 589 g/mol. The standard InChI is InChI=1S/C29H24F4N2O3S2/c30-20-7-9-21(31)24(14-20)40(37,38)16-19-6-8-22(32)26(27(19)33)28-29(18-10-12-34-13-11-18)39-25(35-28)15-23(36)17-4-2-1-3-5-17/h6-14,17H,1-5,15-16H2. The molecular weight excluding hydrogens is 564 g/mol. The first kappa shape index (κ1) is 28.1. The first-order chi connectivity index (χ1) is 19.1. The lowest BCUT2D eigenvalue weighted by atomic mass is 9.85. The van der Waals surface area contributed by atoms with Crippen LogP contribution in [0.3, 0.4) is 0 Å². The van der Waals surface area contributed by atoms with Gasteiger partial charge in [-0.3, -0.25) is 9.78 Å². The topological polar surface area (TPSA) is 77.0 Å². The normalized spacial score (nSPS) is 14.4. The van der Waals surface area contributed by atoms with Gasteiger partial charge in [0.2, 0.25) is 0 Å². The fourth-order valence-electron chi connectivity index (χ4n) is 4.95. The minimum absolute atomic E-state index is 0.0174. The molecule has 1 aliphatic carbocycles. The van der Waals surface area contributed by atoms with Crippen molar-refractivity contribution < 1.29 is 30.8 Å². The van der Waals surface area contributed by atoms with Gasteiger partial charge in [-0.05, 0) is 54.8 Å². The fourth-order valence-corrected chi connectivity index (χ4v) is 7.48. The highest BCUT2D eigenvalue weighted by Gasteiger charge is 2.29. The summed E-state index contributed by atoms with van der Waals surface area (Å²) in [7, 11) is -4.53. The average Bonchev–Trinajstić information content (AvgIpc) is 3.35. The Kier molecular flexibility index (Phi) is 8.14. The number of hydrogen-bond acceptors (Lipinski definition) is 6. The van der Waals surface area contributed by atoms with E-state index in [1.807, 2.05) is 0 Å². The molecule has 0 spiro atoms. The molecule has 0 aliphatic heterocycles. The monoisotopic (exact) mass is 588 g/mol. The van der Waals surface area contributed by atoms with E-state index in [0.717, 1.165) is 61.6 Å². The number of Topliss-reactive ketones (excluding diaryl/α,β-unsaturated/α-hetero) is 1. The Bertz CT molecular complexity index is 1670. The van der Waals surface area contributed by atoms with Crippen molar-refractivity contribution in [2.75, 3.05) is 0 Å². The highest BCUT2D eigenvalue weighted by Crippen LogP contribution is 2.40. The molecule has 0 amide bonds. The summed E-state index contributed by atoms with van der Waals surface area (Å²) in [6, 6.07) is 7.10. The maximum Gasteiger partial charge on any atom is 0.185 e. The van der Waals surface area contributed by atoms with E-state index in [2.05, 4.69) is 9.97 Å². The van der Waals surface area contributed by atoms with Crippen molar-refractivity contribution in [2.45, 2.75) is 49.2 Å². The Labute approximate surface area is 232 Å². The number of carbonyl (C=O) groups excluding carboxylic acids is 1. The molecule has 1 fully saturated rings. The Morgan fingerprint density at radius 3 is 2.35 bits per heavy atom. The third-order valence-corrected chi connectivity index (χ3v) is 9.76. The molecule has 40 heavy (non-hydrogen) atoms. The molecule has 5 rings (SSSR count). The lowest BCUT2D eigenvalue weighted by Gasteiger charge is -2.19. The number of halogens is 4. The van der Waals surface area contributed by atoms with Crippen LogP contribution in [0, 0.1) is 29.2 Å². The summed E-state index contributed by atoms with van der Waals surface area (Å²) in [5, 5.41) is 0.385. The van der Waals surface area contributed by atoms with E-state index in [4.69, 9.17) is 0 Å². The van der Waals surface area contributed by atoms with Gasteiger partial charge in [-0.25, -0.2) is 31.0 Å². The van der Waals surface area contributed by atoms with E-state index in [-0.39, 0.29) is 23.8 Å². The molecular formula is C29H24F4N2O3S2. The van der Waals surface area contributed by atoms with Crippen LogP contribution in [0.4, 0.5) is 17.6 Å². The van der Waals surface area contributed by atoms with Gasteiger partial charge in [-0.1, -0.05) is 25.3 Å². The number of benzene rings is 2. The molecule has 208 valence electrons. The second-order valence-electron chi connectivity index (χ2n) is 9.73. The molecule has 1 saturated carbocycles. The number of rotatable bonds is 8. The maximum atomic E-state index is 15.9. The van der Waals surface area contributed by atoms with Crippen molar-refractivity contribution in [3.63, 3.8) is 0 Å². The van der Waals surface area contributed by atoms with Crippen molar-refractivity contribution in [3.8, 4) is 21.7 Å². The Hall–Kier alpha value is -3.44. The van der Waals surface area contributed by atoms with E-state index >= 15 is 8.78 Å². The molecule has 0 saturated heterocycles. The lowest BCUT2D eigenvalue weighted by molar-refractivity contribution is -0.123. The van der Waals surface area contributed by atoms with Crippen molar-refractivity contribution in [1.82, 2.24) is 9.97 Å². The number of pyridine rings is 1. The number of nitrogens with zero attached hydrogens (tertiary/aromatic N) is 2. The van der Waals surface area contributed by atoms with Gasteiger partial charge < -0.3 is 0 Å². The summed E-state index contributed by atoms with van der Waals surface area (Å²) in [4.78, 5) is 20.9. The number of ketones is 1. The number of sulfone groups is 1. The first-order valence-corrected chi connectivity index (χ1v) is 15.2. The number of thiazole rings is 1. The molecule has 2 heterocycles. The van der Waals surface area contributed by atoms with Crippen molar-refractivity contribution in [3.05, 3.63) is 88.7 Å². The minimum atomic E-state index is -4.53. The van der Waals surface area contributed by atoms with Crippen LogP contribution in [-0.2, 0) is 26.8 Å². The molecule has 0 N–H and O–H groups in total. The van der Waals surface area contributed by atoms with E-state index in [1.165, 1.54) is 12.4 Å². The second-order valence-corrected chi connectivity index (χ2v) is 12.8. The number of aromatic nitrogens is 2. The highest BCUT2D eigenvalue weighted by molar-refractivity contribution is 7.90. The zero-order chi connectivity index (χ0) is 28.4. The predicted octanol–water partition coefficient (Wildman–Crippen LogP) is 7.09. The Morgan fingerprint density at radius 2 is 1.62 bits per heavy atom. The van der Waals surface area contributed by atoms with Crippen LogP contribution in [0.5, 0.6) is 0 Å². The summed E-state index contributed by atoms with van der Waals surface area (Å²) < 4.78 is 84.8. The maximum absolute atomic E-state index is 15.9. The molecule has 5 nitrogen and oxygen atoms in total. The Morgan fingerprint density at radius 1 is 0.925 bits per heavy atom. The first-order valence-electron chi connectivity index (χ1n) is 12.7. The number of hydrogen-bond donors (Lipinski definition) is 0. The van der Waals surface area contributed by atoms with Gasteiger partial charge in [0.1, 0.15) is 39.0 Å². The Balaban J connectivity index is 1.56. The summed E-state index contributed by atoms with van der Waals surface area (Å²) in [5.74, 6) is -5.41. The van der Waals surface area contributed by atoms with Crippen molar-refractivity contribution in [2.24, 2.45) is 5.92 Å². The largest absolute Gasteiger partial charge is 0.299 e. The summed E-state index contributed by atoms with van der Waals surface area (Å²) >= 11 is 1.13. The molecule has 4 aromatic rings. The van der Waals surface area contributed by atoms with Gasteiger partial charge >= 0.3 is 0 Å². The van der Waals surface area contributed by atoms with Gasteiger partial charge in [-0.15, -0.1) is 11.3 Å². The molecule has 0 radical (unpaired) electrons. The molecule has 0 unspecified atom stereocenters. The zero-order valence-electron chi connectivity index (χ0n) is 21.2.